The zero-order valence-corrected chi connectivity index (χ0v) is 10.2. The zero-order chi connectivity index (χ0) is 12.5. The van der Waals surface area contributed by atoms with E-state index in [2.05, 4.69) is 22.2 Å². The van der Waals surface area contributed by atoms with Gasteiger partial charge in [-0.15, -0.1) is 0 Å². The van der Waals surface area contributed by atoms with E-state index in [-0.39, 0.29) is 5.91 Å². The van der Waals surface area contributed by atoms with Crippen LogP contribution in [0.5, 0.6) is 0 Å². The number of aromatic nitrogens is 1. The lowest BCUT2D eigenvalue weighted by atomic mass is 10.2. The van der Waals surface area contributed by atoms with Crippen LogP contribution in [0.15, 0.2) is 24.5 Å². The topological polar surface area (TPSA) is 71.2 Å². The summed E-state index contributed by atoms with van der Waals surface area (Å²) in [5.74, 6) is 4.92. The minimum absolute atomic E-state index is 0.107. The number of carbonyl (C=O) groups is 1. The van der Waals surface area contributed by atoms with Crippen molar-refractivity contribution in [3.63, 3.8) is 0 Å². The average molecular weight is 236 g/mol. The Balaban J connectivity index is 2.31. The third-order valence-corrected chi connectivity index (χ3v) is 2.64. The van der Waals surface area contributed by atoms with E-state index in [0.29, 0.717) is 6.42 Å². The summed E-state index contributed by atoms with van der Waals surface area (Å²) in [6.07, 6.45) is 4.89. The molecular weight excluding hydrogens is 216 g/mol. The number of rotatable bonds is 7. The van der Waals surface area contributed by atoms with Gasteiger partial charge in [0.1, 0.15) is 0 Å². The van der Waals surface area contributed by atoms with Gasteiger partial charge in [-0.1, -0.05) is 6.92 Å². The molecule has 0 aliphatic rings. The molecule has 0 aromatic carbocycles. The van der Waals surface area contributed by atoms with E-state index in [9.17, 15) is 4.79 Å². The molecule has 3 N–H and O–H groups in total. The van der Waals surface area contributed by atoms with Gasteiger partial charge in [0.15, 0.2) is 0 Å². The number of hydrogen-bond donors (Lipinski definition) is 2. The SMILES string of the molecule is CCN(CCCC(=O)NN)Cc1ccncc1. The minimum atomic E-state index is -0.107. The fourth-order valence-corrected chi connectivity index (χ4v) is 1.63. The quantitative estimate of drug-likeness (QED) is 0.415. The van der Waals surface area contributed by atoms with Gasteiger partial charge in [0.05, 0.1) is 0 Å². The van der Waals surface area contributed by atoms with Crippen molar-refractivity contribution in [1.82, 2.24) is 15.3 Å². The number of carbonyl (C=O) groups excluding carboxylic acids is 1. The summed E-state index contributed by atoms with van der Waals surface area (Å²) in [6, 6.07) is 4.02. The first-order valence-corrected chi connectivity index (χ1v) is 5.87. The van der Waals surface area contributed by atoms with Gasteiger partial charge in [0.25, 0.3) is 0 Å². The standard InChI is InChI=1S/C12H20N4O/c1-2-16(9-3-4-12(17)15-13)10-11-5-7-14-8-6-11/h5-8H,2-4,9-10,13H2,1H3,(H,15,17). The summed E-state index contributed by atoms with van der Waals surface area (Å²) >= 11 is 0. The summed E-state index contributed by atoms with van der Waals surface area (Å²) in [5, 5.41) is 0. The predicted molar refractivity (Wildman–Crippen MR) is 66.8 cm³/mol. The highest BCUT2D eigenvalue weighted by molar-refractivity contribution is 5.75. The van der Waals surface area contributed by atoms with Gasteiger partial charge in [-0.2, -0.15) is 0 Å². The van der Waals surface area contributed by atoms with E-state index in [4.69, 9.17) is 5.84 Å². The van der Waals surface area contributed by atoms with Crippen LogP contribution in [0.2, 0.25) is 0 Å². The maximum Gasteiger partial charge on any atom is 0.233 e. The van der Waals surface area contributed by atoms with Gasteiger partial charge in [-0.05, 0) is 37.2 Å². The normalized spacial score (nSPS) is 10.5. The average Bonchev–Trinajstić information content (AvgIpc) is 2.38. The highest BCUT2D eigenvalue weighted by atomic mass is 16.2. The molecule has 1 rings (SSSR count). The second-order valence-corrected chi connectivity index (χ2v) is 3.90. The molecule has 5 nitrogen and oxygen atoms in total. The molecule has 5 heteroatoms. The smallest absolute Gasteiger partial charge is 0.233 e. The monoisotopic (exact) mass is 236 g/mol. The lowest BCUT2D eigenvalue weighted by molar-refractivity contribution is -0.121. The molecule has 1 aromatic rings. The van der Waals surface area contributed by atoms with E-state index in [1.54, 1.807) is 12.4 Å². The van der Waals surface area contributed by atoms with Crippen LogP contribution in [0.4, 0.5) is 0 Å². The van der Waals surface area contributed by atoms with Crippen LogP contribution in [0, 0.1) is 0 Å². The number of nitrogens with two attached hydrogens (primary N) is 1. The molecular formula is C12H20N4O. The Hall–Kier alpha value is -1.46. The van der Waals surface area contributed by atoms with E-state index in [1.807, 2.05) is 12.1 Å². The molecule has 17 heavy (non-hydrogen) atoms. The van der Waals surface area contributed by atoms with Crippen molar-refractivity contribution in [3.05, 3.63) is 30.1 Å². The van der Waals surface area contributed by atoms with Crippen molar-refractivity contribution in [2.45, 2.75) is 26.3 Å². The van der Waals surface area contributed by atoms with Gasteiger partial charge in [0.2, 0.25) is 5.91 Å². The summed E-state index contributed by atoms with van der Waals surface area (Å²) < 4.78 is 0. The number of amides is 1. The molecule has 1 aromatic heterocycles. The lowest BCUT2D eigenvalue weighted by Crippen LogP contribution is -2.31. The van der Waals surface area contributed by atoms with E-state index >= 15 is 0 Å². The Labute approximate surface area is 102 Å². The lowest BCUT2D eigenvalue weighted by Gasteiger charge is -2.20. The first-order valence-electron chi connectivity index (χ1n) is 5.87. The third kappa shape index (κ3) is 5.42. The molecule has 0 spiro atoms. The van der Waals surface area contributed by atoms with Crippen LogP contribution in [0.25, 0.3) is 0 Å². The molecule has 1 heterocycles. The molecule has 0 saturated heterocycles. The summed E-state index contributed by atoms with van der Waals surface area (Å²) in [6.45, 7) is 4.87. The second kappa shape index (κ2) is 7.76. The Morgan fingerprint density at radius 3 is 2.76 bits per heavy atom. The highest BCUT2D eigenvalue weighted by Crippen LogP contribution is 2.04. The first kappa shape index (κ1) is 13.6. The molecule has 94 valence electrons. The Morgan fingerprint density at radius 1 is 1.47 bits per heavy atom. The van der Waals surface area contributed by atoms with Crippen LogP contribution >= 0.6 is 0 Å². The van der Waals surface area contributed by atoms with E-state index < -0.39 is 0 Å². The van der Waals surface area contributed by atoms with Crippen molar-refractivity contribution >= 4 is 5.91 Å². The van der Waals surface area contributed by atoms with Gasteiger partial charge < -0.3 is 0 Å². The molecule has 0 aliphatic heterocycles. The largest absolute Gasteiger partial charge is 0.299 e. The molecule has 0 saturated carbocycles. The fraction of sp³-hybridized carbons (Fsp3) is 0.500. The number of nitrogens with one attached hydrogen (secondary N) is 1. The maximum absolute atomic E-state index is 11.0. The number of hydrogen-bond acceptors (Lipinski definition) is 4. The van der Waals surface area contributed by atoms with Crippen LogP contribution in [-0.2, 0) is 11.3 Å². The second-order valence-electron chi connectivity index (χ2n) is 3.90. The van der Waals surface area contributed by atoms with Crippen molar-refractivity contribution in [3.8, 4) is 0 Å². The minimum Gasteiger partial charge on any atom is -0.299 e. The summed E-state index contributed by atoms with van der Waals surface area (Å²) in [7, 11) is 0. The number of hydrazine groups is 1. The number of nitrogens with zero attached hydrogens (tertiary/aromatic N) is 2. The molecule has 0 unspecified atom stereocenters. The van der Waals surface area contributed by atoms with Crippen LogP contribution < -0.4 is 11.3 Å². The van der Waals surface area contributed by atoms with Gasteiger partial charge in [-0.25, -0.2) is 5.84 Å². The van der Waals surface area contributed by atoms with Crippen LogP contribution in [-0.4, -0.2) is 28.9 Å². The van der Waals surface area contributed by atoms with Gasteiger partial charge in [0, 0.05) is 25.4 Å². The highest BCUT2D eigenvalue weighted by Gasteiger charge is 2.05. The van der Waals surface area contributed by atoms with E-state index in [1.165, 1.54) is 5.56 Å². The van der Waals surface area contributed by atoms with Crippen molar-refractivity contribution in [2.24, 2.45) is 5.84 Å². The zero-order valence-electron chi connectivity index (χ0n) is 10.2. The molecule has 0 fully saturated rings. The molecule has 1 amide bonds. The number of pyridine rings is 1. The maximum atomic E-state index is 11.0. The third-order valence-electron chi connectivity index (χ3n) is 2.64. The fourth-order valence-electron chi connectivity index (χ4n) is 1.63. The molecule has 0 bridgehead atoms. The molecule has 0 radical (unpaired) electrons. The van der Waals surface area contributed by atoms with E-state index in [0.717, 1.165) is 26.1 Å². The van der Waals surface area contributed by atoms with Gasteiger partial charge in [-0.3, -0.25) is 20.1 Å². The Bertz CT molecular complexity index is 329. The predicted octanol–water partition coefficient (Wildman–Crippen LogP) is 0.674. The van der Waals surface area contributed by atoms with Crippen LogP contribution in [0.1, 0.15) is 25.3 Å². The Morgan fingerprint density at radius 2 is 2.18 bits per heavy atom. The summed E-state index contributed by atoms with van der Waals surface area (Å²) in [5.41, 5.74) is 3.38. The van der Waals surface area contributed by atoms with Crippen molar-refractivity contribution in [1.29, 1.82) is 0 Å². The van der Waals surface area contributed by atoms with Crippen molar-refractivity contribution < 1.29 is 4.79 Å². The first-order chi connectivity index (χ1) is 8.26. The summed E-state index contributed by atoms with van der Waals surface area (Å²) in [4.78, 5) is 17.3. The van der Waals surface area contributed by atoms with Gasteiger partial charge >= 0.3 is 0 Å². The Kier molecular flexibility index (Phi) is 6.21. The molecule has 0 aliphatic carbocycles. The van der Waals surface area contributed by atoms with Crippen molar-refractivity contribution in [2.75, 3.05) is 13.1 Å². The van der Waals surface area contributed by atoms with Crippen LogP contribution in [0.3, 0.4) is 0 Å². The molecule has 0 atom stereocenters.